The summed E-state index contributed by atoms with van der Waals surface area (Å²) < 4.78 is 5.69. The van der Waals surface area contributed by atoms with E-state index < -0.39 is 0 Å². The topological polar surface area (TPSA) is 9.23 Å². The van der Waals surface area contributed by atoms with Crippen LogP contribution >= 0.6 is 15.9 Å². The first-order valence-electron chi connectivity index (χ1n) is 5.02. The fourth-order valence-corrected chi connectivity index (χ4v) is 1.46. The van der Waals surface area contributed by atoms with Gasteiger partial charge in [-0.05, 0) is 12.8 Å². The molecule has 2 heteroatoms. The smallest absolute Gasteiger partial charge is 0.0575 e. The van der Waals surface area contributed by atoms with Gasteiger partial charge < -0.3 is 4.74 Å². The summed E-state index contributed by atoms with van der Waals surface area (Å²) in [5.74, 6) is 0. The molecule has 0 rings (SSSR count). The molecule has 0 aromatic rings. The highest BCUT2D eigenvalue weighted by Crippen LogP contribution is 2.10. The van der Waals surface area contributed by atoms with Gasteiger partial charge in [-0.1, -0.05) is 49.0 Å². The predicted octanol–water partition coefficient (Wildman–Crippen LogP) is 3.76. The molecule has 0 saturated carbocycles. The van der Waals surface area contributed by atoms with E-state index in [0.717, 1.165) is 11.9 Å². The normalized spacial score (nSPS) is 13.2. The van der Waals surface area contributed by atoms with Crippen LogP contribution < -0.4 is 0 Å². The van der Waals surface area contributed by atoms with Crippen LogP contribution in [0.15, 0.2) is 0 Å². The Hall–Kier alpha value is 0.440. The van der Waals surface area contributed by atoms with Crippen molar-refractivity contribution in [1.29, 1.82) is 0 Å². The molecule has 0 aromatic heterocycles. The fourth-order valence-electron chi connectivity index (χ4n) is 1.28. The molecule has 74 valence electrons. The molecule has 1 atom stereocenters. The minimum absolute atomic E-state index is 0.507. The van der Waals surface area contributed by atoms with Crippen LogP contribution in [0, 0.1) is 0 Å². The van der Waals surface area contributed by atoms with Crippen LogP contribution in [0.2, 0.25) is 0 Å². The third-order valence-electron chi connectivity index (χ3n) is 1.92. The zero-order valence-electron chi connectivity index (χ0n) is 8.31. The van der Waals surface area contributed by atoms with Gasteiger partial charge in [0.1, 0.15) is 0 Å². The third-order valence-corrected chi connectivity index (χ3v) is 2.24. The van der Waals surface area contributed by atoms with E-state index >= 15 is 0 Å². The lowest BCUT2D eigenvalue weighted by molar-refractivity contribution is 0.0509. The lowest BCUT2D eigenvalue weighted by Crippen LogP contribution is -2.13. The van der Waals surface area contributed by atoms with E-state index in [0.29, 0.717) is 6.10 Å². The van der Waals surface area contributed by atoms with Gasteiger partial charge in [0.25, 0.3) is 0 Å². The predicted molar refractivity (Wildman–Crippen MR) is 58.0 cm³/mol. The molecule has 0 heterocycles. The maximum atomic E-state index is 5.69. The molecule has 0 aliphatic rings. The summed E-state index contributed by atoms with van der Waals surface area (Å²) in [5, 5.41) is 0.958. The molecule has 0 bridgehead atoms. The van der Waals surface area contributed by atoms with Gasteiger partial charge in [0.05, 0.1) is 12.7 Å². The average molecular weight is 237 g/mol. The Morgan fingerprint density at radius 3 is 2.42 bits per heavy atom. The van der Waals surface area contributed by atoms with Gasteiger partial charge in [-0.2, -0.15) is 0 Å². The number of rotatable bonds is 8. The van der Waals surface area contributed by atoms with Gasteiger partial charge in [0, 0.05) is 5.33 Å². The molecule has 1 nitrogen and oxygen atoms in total. The average Bonchev–Trinajstić information content (AvgIpc) is 2.10. The first-order chi connectivity index (χ1) is 5.85. The molecule has 12 heavy (non-hydrogen) atoms. The van der Waals surface area contributed by atoms with Crippen LogP contribution in [0.4, 0.5) is 0 Å². The number of ether oxygens (including phenoxy) is 1. The summed E-state index contributed by atoms with van der Waals surface area (Å²) >= 11 is 3.37. The summed E-state index contributed by atoms with van der Waals surface area (Å²) in [7, 11) is 0. The van der Waals surface area contributed by atoms with Gasteiger partial charge in [-0.15, -0.1) is 0 Å². The van der Waals surface area contributed by atoms with Gasteiger partial charge >= 0.3 is 0 Å². The van der Waals surface area contributed by atoms with E-state index in [1.807, 2.05) is 0 Å². The molecular formula is C10H21BrO. The Morgan fingerprint density at radius 2 is 1.92 bits per heavy atom. The van der Waals surface area contributed by atoms with Crippen molar-refractivity contribution in [1.82, 2.24) is 0 Å². The minimum atomic E-state index is 0.507. The van der Waals surface area contributed by atoms with Crippen LogP contribution in [0.5, 0.6) is 0 Å². The molecular weight excluding hydrogens is 216 g/mol. The van der Waals surface area contributed by atoms with Crippen molar-refractivity contribution in [2.45, 2.75) is 52.1 Å². The Labute approximate surface area is 85.0 Å². The molecule has 0 N–H and O–H groups in total. The molecule has 0 spiro atoms. The zero-order chi connectivity index (χ0) is 9.23. The fraction of sp³-hybridized carbons (Fsp3) is 1.00. The molecule has 1 unspecified atom stereocenters. The second kappa shape index (κ2) is 9.53. The van der Waals surface area contributed by atoms with Crippen molar-refractivity contribution >= 4 is 15.9 Å². The largest absolute Gasteiger partial charge is 0.377 e. The van der Waals surface area contributed by atoms with Crippen molar-refractivity contribution in [3.8, 4) is 0 Å². The van der Waals surface area contributed by atoms with Crippen molar-refractivity contribution in [3.05, 3.63) is 0 Å². The van der Waals surface area contributed by atoms with Gasteiger partial charge in [0.2, 0.25) is 0 Å². The van der Waals surface area contributed by atoms with Crippen LogP contribution in [0.25, 0.3) is 0 Å². The molecule has 0 fully saturated rings. The van der Waals surface area contributed by atoms with E-state index in [9.17, 15) is 0 Å². The number of halogens is 1. The summed E-state index contributed by atoms with van der Waals surface area (Å²) in [5.41, 5.74) is 0. The lowest BCUT2D eigenvalue weighted by atomic mass is 10.1. The maximum Gasteiger partial charge on any atom is 0.0575 e. The quantitative estimate of drug-likeness (QED) is 0.584. The molecule has 0 radical (unpaired) electrons. The van der Waals surface area contributed by atoms with E-state index in [-0.39, 0.29) is 0 Å². The van der Waals surface area contributed by atoms with Crippen LogP contribution in [-0.4, -0.2) is 18.0 Å². The Kier molecular flexibility index (Phi) is 9.88. The minimum Gasteiger partial charge on any atom is -0.377 e. The summed E-state index contributed by atoms with van der Waals surface area (Å²) in [4.78, 5) is 0. The number of hydrogen-bond donors (Lipinski definition) is 0. The standard InChI is InChI=1S/C10H21BrO/c1-3-5-7-10(6-4-2)12-9-8-11/h10H,3-9H2,1-2H3. The second-order valence-corrected chi connectivity index (χ2v) is 3.91. The Morgan fingerprint density at radius 1 is 1.17 bits per heavy atom. The molecule has 0 aromatic carbocycles. The van der Waals surface area contributed by atoms with Crippen LogP contribution in [0.3, 0.4) is 0 Å². The van der Waals surface area contributed by atoms with E-state index in [4.69, 9.17) is 4.74 Å². The summed E-state index contributed by atoms with van der Waals surface area (Å²) in [6, 6.07) is 0. The van der Waals surface area contributed by atoms with Crippen molar-refractivity contribution < 1.29 is 4.74 Å². The van der Waals surface area contributed by atoms with Gasteiger partial charge in [0.15, 0.2) is 0 Å². The van der Waals surface area contributed by atoms with Crippen LogP contribution in [-0.2, 0) is 4.74 Å². The van der Waals surface area contributed by atoms with Gasteiger partial charge in [-0.3, -0.25) is 0 Å². The number of hydrogen-bond acceptors (Lipinski definition) is 1. The van der Waals surface area contributed by atoms with Crippen LogP contribution in [0.1, 0.15) is 46.0 Å². The van der Waals surface area contributed by atoms with Crippen molar-refractivity contribution in [2.24, 2.45) is 0 Å². The molecule has 0 aliphatic carbocycles. The Balaban J connectivity index is 3.40. The monoisotopic (exact) mass is 236 g/mol. The Bertz CT molecular complexity index is 77.9. The maximum absolute atomic E-state index is 5.69. The molecule has 0 amide bonds. The molecule has 0 aliphatic heterocycles. The van der Waals surface area contributed by atoms with E-state index in [1.54, 1.807) is 0 Å². The van der Waals surface area contributed by atoms with Gasteiger partial charge in [-0.25, -0.2) is 0 Å². The SMILES string of the molecule is CCCCC(CCC)OCCBr. The number of alkyl halides is 1. The highest BCUT2D eigenvalue weighted by Gasteiger charge is 2.05. The van der Waals surface area contributed by atoms with Crippen molar-refractivity contribution in [2.75, 3.05) is 11.9 Å². The third kappa shape index (κ3) is 7.11. The highest BCUT2D eigenvalue weighted by atomic mass is 79.9. The van der Waals surface area contributed by atoms with E-state index in [2.05, 4.69) is 29.8 Å². The summed E-state index contributed by atoms with van der Waals surface area (Å²) in [6.07, 6.45) is 6.76. The van der Waals surface area contributed by atoms with Crippen molar-refractivity contribution in [3.63, 3.8) is 0 Å². The second-order valence-electron chi connectivity index (χ2n) is 3.11. The molecule has 0 saturated heterocycles. The summed E-state index contributed by atoms with van der Waals surface area (Å²) in [6.45, 7) is 5.30. The lowest BCUT2D eigenvalue weighted by Gasteiger charge is -2.15. The first kappa shape index (κ1) is 12.4. The highest BCUT2D eigenvalue weighted by molar-refractivity contribution is 9.09. The van der Waals surface area contributed by atoms with E-state index in [1.165, 1.54) is 32.1 Å². The first-order valence-corrected chi connectivity index (χ1v) is 6.14. The zero-order valence-corrected chi connectivity index (χ0v) is 9.90. The number of unbranched alkanes of at least 4 members (excludes halogenated alkanes) is 1.